The number of hydrogen-bond donors (Lipinski definition) is 4. The molecule has 0 bridgehead atoms. The predicted molar refractivity (Wildman–Crippen MR) is 135 cm³/mol. The Bertz CT molecular complexity index is 1140. The zero-order valence-corrected chi connectivity index (χ0v) is 21.3. The number of thiophene rings is 1. The van der Waals surface area contributed by atoms with Gasteiger partial charge in [0.1, 0.15) is 11.3 Å². The van der Waals surface area contributed by atoms with E-state index in [-0.39, 0.29) is 0 Å². The van der Waals surface area contributed by atoms with Crippen LogP contribution < -0.4 is 0 Å². The van der Waals surface area contributed by atoms with Gasteiger partial charge in [-0.2, -0.15) is 0 Å². The summed E-state index contributed by atoms with van der Waals surface area (Å²) in [5.74, 6) is -3.98. The summed E-state index contributed by atoms with van der Waals surface area (Å²) >= 11 is 1.83. The van der Waals surface area contributed by atoms with E-state index in [1.807, 2.05) is 17.4 Å². The van der Waals surface area contributed by atoms with E-state index in [9.17, 15) is 14.4 Å². The topological polar surface area (TPSA) is 152 Å². The lowest BCUT2D eigenvalue weighted by atomic mass is 9.96. The van der Waals surface area contributed by atoms with Crippen molar-refractivity contribution in [2.75, 3.05) is 27.2 Å². The van der Waals surface area contributed by atoms with E-state index in [1.54, 1.807) is 0 Å². The summed E-state index contributed by atoms with van der Waals surface area (Å²) in [7, 11) is 4.25. The summed E-state index contributed by atoms with van der Waals surface area (Å²) in [4.78, 5) is 36.6. The number of benzene rings is 1. The molecule has 3 aromatic rings. The number of aliphatic hydroxyl groups is 1. The number of rotatable bonds is 12. The first-order valence-corrected chi connectivity index (χ1v) is 12.0. The van der Waals surface area contributed by atoms with Gasteiger partial charge >= 0.3 is 17.9 Å². The SMILES string of the molecule is Cc1oc2ccccc2c1CN(CCN(C)C)Cc1cccs1.O=C(O)CC(O)(CC(=O)O)C(=O)O. The highest BCUT2D eigenvalue weighted by atomic mass is 32.1. The van der Waals surface area contributed by atoms with Gasteiger partial charge < -0.3 is 29.7 Å². The standard InChI is InChI=1S/C19H24N2OS.C6H8O7/c1-15-18(17-8-4-5-9-19(17)22-15)14-21(11-10-20(2)3)13-16-7-6-12-23-16;7-3(8)1-6(13,5(11)12)2-4(9)10/h4-9,12H,10-11,13-14H2,1-3H3;13H,1-2H2,(H,7,8)(H,9,10)(H,11,12). The van der Waals surface area contributed by atoms with Crippen LogP contribution in [0.15, 0.2) is 46.2 Å². The first-order valence-electron chi connectivity index (χ1n) is 11.2. The van der Waals surface area contributed by atoms with Crippen molar-refractivity contribution in [3.63, 3.8) is 0 Å². The van der Waals surface area contributed by atoms with Gasteiger partial charge in [0.2, 0.25) is 0 Å². The van der Waals surface area contributed by atoms with Crippen LogP contribution in [0.2, 0.25) is 0 Å². The molecule has 11 heteroatoms. The predicted octanol–water partition coefficient (Wildman–Crippen LogP) is 3.12. The van der Waals surface area contributed by atoms with Gasteiger partial charge in [-0.25, -0.2) is 4.79 Å². The molecule has 0 saturated carbocycles. The highest BCUT2D eigenvalue weighted by molar-refractivity contribution is 7.09. The van der Waals surface area contributed by atoms with E-state index in [0.29, 0.717) is 0 Å². The van der Waals surface area contributed by atoms with E-state index >= 15 is 0 Å². The Balaban J connectivity index is 0.000000302. The Morgan fingerprint density at radius 1 is 0.944 bits per heavy atom. The number of aryl methyl sites for hydroxylation is 1. The lowest BCUT2D eigenvalue weighted by Gasteiger charge is -2.23. The lowest BCUT2D eigenvalue weighted by molar-refractivity contribution is -0.170. The van der Waals surface area contributed by atoms with Crippen LogP contribution in [0, 0.1) is 6.92 Å². The van der Waals surface area contributed by atoms with Gasteiger partial charge in [0.05, 0.1) is 12.8 Å². The highest BCUT2D eigenvalue weighted by Gasteiger charge is 2.40. The van der Waals surface area contributed by atoms with Crippen LogP contribution in [0.4, 0.5) is 0 Å². The Morgan fingerprint density at radius 3 is 2.11 bits per heavy atom. The Morgan fingerprint density at radius 2 is 1.58 bits per heavy atom. The summed E-state index contributed by atoms with van der Waals surface area (Å²) in [5.41, 5.74) is -0.433. The minimum Gasteiger partial charge on any atom is -0.481 e. The minimum atomic E-state index is -2.74. The lowest BCUT2D eigenvalue weighted by Crippen LogP contribution is -2.42. The van der Waals surface area contributed by atoms with Crippen molar-refractivity contribution in [1.82, 2.24) is 9.80 Å². The average Bonchev–Trinajstić information content (AvgIpc) is 3.39. The normalized spacial score (nSPS) is 11.5. The molecule has 2 heterocycles. The van der Waals surface area contributed by atoms with Crippen molar-refractivity contribution in [3.8, 4) is 0 Å². The molecule has 4 N–H and O–H groups in total. The molecule has 0 spiro atoms. The molecule has 1 aromatic carbocycles. The van der Waals surface area contributed by atoms with E-state index in [4.69, 9.17) is 24.8 Å². The first kappa shape index (κ1) is 29.0. The van der Waals surface area contributed by atoms with Crippen molar-refractivity contribution in [3.05, 3.63) is 58.0 Å². The third kappa shape index (κ3) is 8.76. The molecule has 2 aromatic heterocycles. The molecule has 0 aliphatic carbocycles. The number of carboxylic acid groups (broad SMARTS) is 3. The number of fused-ring (bicyclic) bond motifs is 1. The molecule has 0 aliphatic heterocycles. The van der Waals surface area contributed by atoms with Crippen molar-refractivity contribution in [1.29, 1.82) is 0 Å². The number of hydrogen-bond acceptors (Lipinski definition) is 8. The first-order chi connectivity index (χ1) is 16.9. The smallest absolute Gasteiger partial charge is 0.336 e. The molecule has 0 aliphatic rings. The maximum Gasteiger partial charge on any atom is 0.336 e. The molecule has 0 fully saturated rings. The van der Waals surface area contributed by atoms with Gasteiger partial charge in [-0.15, -0.1) is 11.3 Å². The fraction of sp³-hybridized carbons (Fsp3) is 0.400. The molecule has 0 atom stereocenters. The van der Waals surface area contributed by atoms with Crippen LogP contribution >= 0.6 is 11.3 Å². The zero-order chi connectivity index (χ0) is 26.9. The fourth-order valence-electron chi connectivity index (χ4n) is 3.53. The second-order valence-electron chi connectivity index (χ2n) is 8.70. The van der Waals surface area contributed by atoms with Gasteiger partial charge in [-0.05, 0) is 38.5 Å². The summed E-state index contributed by atoms with van der Waals surface area (Å²) in [6.45, 7) is 6.09. The molecule has 0 saturated heterocycles. The maximum absolute atomic E-state index is 10.3. The number of nitrogens with zero attached hydrogens (tertiary/aromatic N) is 2. The molecule has 36 heavy (non-hydrogen) atoms. The average molecular weight is 521 g/mol. The van der Waals surface area contributed by atoms with Crippen molar-refractivity contribution in [2.24, 2.45) is 0 Å². The number of para-hydroxylation sites is 1. The summed E-state index contributed by atoms with van der Waals surface area (Å²) < 4.78 is 5.93. The molecular weight excluding hydrogens is 488 g/mol. The van der Waals surface area contributed by atoms with Crippen LogP contribution in [0.3, 0.4) is 0 Å². The molecule has 3 rings (SSSR count). The van der Waals surface area contributed by atoms with Gasteiger partial charge in [0.15, 0.2) is 5.60 Å². The van der Waals surface area contributed by atoms with E-state index < -0.39 is 36.4 Å². The van der Waals surface area contributed by atoms with Crippen LogP contribution in [0.1, 0.15) is 29.0 Å². The quantitative estimate of drug-likeness (QED) is 0.280. The second-order valence-corrected chi connectivity index (χ2v) is 9.74. The van der Waals surface area contributed by atoms with Crippen LogP contribution in [-0.2, 0) is 27.5 Å². The largest absolute Gasteiger partial charge is 0.481 e. The number of aliphatic carboxylic acids is 3. The molecule has 0 radical (unpaired) electrons. The number of likely N-dealkylation sites (N-methyl/N-ethyl adjacent to an activating group) is 1. The molecule has 10 nitrogen and oxygen atoms in total. The molecular formula is C25H32N2O8S. The molecule has 0 unspecified atom stereocenters. The minimum absolute atomic E-state index is 0.925. The second kappa shape index (κ2) is 13.2. The van der Waals surface area contributed by atoms with Gasteiger partial charge in [-0.1, -0.05) is 24.3 Å². The van der Waals surface area contributed by atoms with E-state index in [0.717, 1.165) is 37.5 Å². The third-order valence-electron chi connectivity index (χ3n) is 5.39. The van der Waals surface area contributed by atoms with E-state index in [2.05, 4.69) is 66.5 Å². The third-order valence-corrected chi connectivity index (χ3v) is 6.25. The van der Waals surface area contributed by atoms with Gasteiger partial charge in [-0.3, -0.25) is 14.5 Å². The van der Waals surface area contributed by atoms with Gasteiger partial charge in [0.25, 0.3) is 0 Å². The monoisotopic (exact) mass is 520 g/mol. The summed E-state index contributed by atoms with van der Waals surface area (Å²) in [6.07, 6.45) is -2.29. The van der Waals surface area contributed by atoms with E-state index in [1.165, 1.54) is 15.8 Å². The molecule has 196 valence electrons. The van der Waals surface area contributed by atoms with Crippen molar-refractivity contribution in [2.45, 2.75) is 38.5 Å². The zero-order valence-electron chi connectivity index (χ0n) is 20.5. The number of carboxylic acids is 3. The number of carbonyl (C=O) groups is 3. The van der Waals surface area contributed by atoms with Crippen molar-refractivity contribution >= 4 is 40.2 Å². The Labute approximate surface area is 213 Å². The van der Waals surface area contributed by atoms with Crippen LogP contribution in [0.5, 0.6) is 0 Å². The van der Waals surface area contributed by atoms with Gasteiger partial charge in [0, 0.05) is 42.0 Å². The maximum atomic E-state index is 10.3. The Hall–Kier alpha value is -3.25. The van der Waals surface area contributed by atoms with Crippen LogP contribution in [-0.4, -0.2) is 80.9 Å². The Kier molecular flexibility index (Phi) is 10.6. The number of furan rings is 1. The highest BCUT2D eigenvalue weighted by Crippen LogP contribution is 2.27. The van der Waals surface area contributed by atoms with Crippen LogP contribution in [0.25, 0.3) is 11.0 Å². The summed E-state index contributed by atoms with van der Waals surface area (Å²) in [6, 6.07) is 12.7. The summed E-state index contributed by atoms with van der Waals surface area (Å²) in [5, 5.41) is 37.2. The fourth-order valence-corrected chi connectivity index (χ4v) is 4.28. The van der Waals surface area contributed by atoms with Crippen molar-refractivity contribution < 1.29 is 39.2 Å². The molecule has 0 amide bonds.